The molecule has 0 aliphatic heterocycles. The van der Waals surface area contributed by atoms with Gasteiger partial charge in [-0.15, -0.1) is 0 Å². The average molecular weight is 363 g/mol. The lowest BCUT2D eigenvalue weighted by Gasteiger charge is -2.14. The number of nitrogens with one attached hydrogen (secondary N) is 1. The first-order valence-corrected chi connectivity index (χ1v) is 7.81. The van der Waals surface area contributed by atoms with Crippen LogP contribution in [0.3, 0.4) is 0 Å². The number of pyridine rings is 1. The first-order valence-electron chi connectivity index (χ1n) is 7.02. The van der Waals surface area contributed by atoms with Gasteiger partial charge in [0, 0.05) is 11.9 Å². The zero-order chi connectivity index (χ0) is 16.4. The van der Waals surface area contributed by atoms with Gasteiger partial charge in [-0.2, -0.15) is 0 Å². The van der Waals surface area contributed by atoms with Crippen molar-refractivity contribution in [1.29, 1.82) is 0 Å². The summed E-state index contributed by atoms with van der Waals surface area (Å²) in [6.07, 6.45) is 1.68. The maximum Gasteiger partial charge on any atom is 0.265 e. The van der Waals surface area contributed by atoms with Crippen LogP contribution in [0.2, 0.25) is 0 Å². The molecule has 2 aromatic rings. The summed E-state index contributed by atoms with van der Waals surface area (Å²) in [6.45, 7) is 7.82. The Morgan fingerprint density at radius 2 is 1.68 bits per heavy atom. The molecule has 5 heteroatoms. The molecule has 0 aliphatic rings. The van der Waals surface area contributed by atoms with E-state index >= 15 is 0 Å². The SMILES string of the molecule is Cc1cc(C)c(NC(=O)Cn2cc(C)cc(Br)c2=O)c(C)c1. The van der Waals surface area contributed by atoms with Gasteiger partial charge in [0.15, 0.2) is 0 Å². The number of rotatable bonds is 3. The van der Waals surface area contributed by atoms with E-state index in [9.17, 15) is 9.59 Å². The first-order chi connectivity index (χ1) is 10.3. The van der Waals surface area contributed by atoms with Crippen LogP contribution in [0.25, 0.3) is 0 Å². The number of halogens is 1. The molecule has 0 bridgehead atoms. The van der Waals surface area contributed by atoms with Crippen LogP contribution in [0, 0.1) is 27.7 Å². The topological polar surface area (TPSA) is 51.1 Å². The summed E-state index contributed by atoms with van der Waals surface area (Å²) in [7, 11) is 0. The van der Waals surface area contributed by atoms with Gasteiger partial charge in [0.2, 0.25) is 5.91 Å². The summed E-state index contributed by atoms with van der Waals surface area (Å²) >= 11 is 3.22. The summed E-state index contributed by atoms with van der Waals surface area (Å²) in [5, 5.41) is 2.91. The Bertz CT molecular complexity index is 771. The smallest absolute Gasteiger partial charge is 0.265 e. The number of anilines is 1. The van der Waals surface area contributed by atoms with Crippen molar-refractivity contribution in [2.75, 3.05) is 5.32 Å². The molecule has 1 N–H and O–H groups in total. The van der Waals surface area contributed by atoms with Crippen molar-refractivity contribution in [1.82, 2.24) is 4.57 Å². The third kappa shape index (κ3) is 3.65. The number of amides is 1. The van der Waals surface area contributed by atoms with Crippen molar-refractivity contribution in [3.63, 3.8) is 0 Å². The Kier molecular flexibility index (Phi) is 4.86. The zero-order valence-electron chi connectivity index (χ0n) is 13.2. The van der Waals surface area contributed by atoms with E-state index in [1.165, 1.54) is 4.57 Å². The molecule has 0 spiro atoms. The molecule has 1 aromatic heterocycles. The van der Waals surface area contributed by atoms with E-state index in [0.29, 0.717) is 4.47 Å². The van der Waals surface area contributed by atoms with Gasteiger partial charge in [-0.05, 0) is 66.4 Å². The predicted octanol–water partition coefficient (Wildman–Crippen LogP) is 3.48. The number of aromatic nitrogens is 1. The van der Waals surface area contributed by atoms with Crippen LogP contribution >= 0.6 is 15.9 Å². The van der Waals surface area contributed by atoms with Gasteiger partial charge in [-0.1, -0.05) is 17.7 Å². The summed E-state index contributed by atoms with van der Waals surface area (Å²) in [6, 6.07) is 5.79. The predicted molar refractivity (Wildman–Crippen MR) is 92.4 cm³/mol. The van der Waals surface area contributed by atoms with Crippen LogP contribution in [-0.2, 0) is 11.3 Å². The van der Waals surface area contributed by atoms with Crippen molar-refractivity contribution in [3.8, 4) is 0 Å². The van der Waals surface area contributed by atoms with Crippen molar-refractivity contribution in [2.24, 2.45) is 0 Å². The third-order valence-corrected chi connectivity index (χ3v) is 4.00. The highest BCUT2D eigenvalue weighted by Crippen LogP contribution is 2.21. The van der Waals surface area contributed by atoms with Gasteiger partial charge in [0.1, 0.15) is 6.54 Å². The maximum absolute atomic E-state index is 12.3. The van der Waals surface area contributed by atoms with Gasteiger partial charge >= 0.3 is 0 Å². The zero-order valence-corrected chi connectivity index (χ0v) is 14.7. The molecule has 0 saturated heterocycles. The fourth-order valence-corrected chi connectivity index (χ4v) is 3.16. The number of benzene rings is 1. The van der Waals surface area contributed by atoms with E-state index in [2.05, 4.69) is 21.2 Å². The van der Waals surface area contributed by atoms with E-state index in [0.717, 1.165) is 27.9 Å². The molecule has 0 saturated carbocycles. The quantitative estimate of drug-likeness (QED) is 0.908. The van der Waals surface area contributed by atoms with Crippen molar-refractivity contribution < 1.29 is 4.79 Å². The summed E-state index contributed by atoms with van der Waals surface area (Å²) in [5.74, 6) is -0.213. The molecule has 1 amide bonds. The van der Waals surface area contributed by atoms with Crippen LogP contribution < -0.4 is 10.9 Å². The molecule has 4 nitrogen and oxygen atoms in total. The second kappa shape index (κ2) is 6.48. The average Bonchev–Trinajstić information content (AvgIpc) is 2.39. The number of carbonyl (C=O) groups excluding carboxylic acids is 1. The molecule has 0 unspecified atom stereocenters. The highest BCUT2D eigenvalue weighted by Gasteiger charge is 2.11. The fourth-order valence-electron chi connectivity index (χ4n) is 2.57. The van der Waals surface area contributed by atoms with Crippen LogP contribution in [0.5, 0.6) is 0 Å². The Balaban J connectivity index is 2.23. The molecular weight excluding hydrogens is 344 g/mol. The highest BCUT2D eigenvalue weighted by atomic mass is 79.9. The third-order valence-electron chi connectivity index (χ3n) is 3.43. The number of hydrogen-bond acceptors (Lipinski definition) is 2. The molecule has 2 rings (SSSR count). The van der Waals surface area contributed by atoms with Crippen LogP contribution in [-0.4, -0.2) is 10.5 Å². The molecule has 0 aliphatic carbocycles. The van der Waals surface area contributed by atoms with Crippen LogP contribution in [0.15, 0.2) is 33.7 Å². The number of aryl methyl sites for hydroxylation is 4. The highest BCUT2D eigenvalue weighted by molar-refractivity contribution is 9.10. The van der Waals surface area contributed by atoms with Gasteiger partial charge in [-0.3, -0.25) is 9.59 Å². The monoisotopic (exact) mass is 362 g/mol. The molecule has 0 radical (unpaired) electrons. The van der Waals surface area contributed by atoms with E-state index in [4.69, 9.17) is 0 Å². The van der Waals surface area contributed by atoms with Crippen molar-refractivity contribution >= 4 is 27.5 Å². The molecular formula is C17H19BrN2O2. The molecule has 116 valence electrons. The Hall–Kier alpha value is -1.88. The minimum atomic E-state index is -0.213. The summed E-state index contributed by atoms with van der Waals surface area (Å²) in [4.78, 5) is 24.3. The van der Waals surface area contributed by atoms with E-state index in [1.54, 1.807) is 12.3 Å². The normalized spacial score (nSPS) is 10.6. The lowest BCUT2D eigenvalue weighted by molar-refractivity contribution is -0.116. The van der Waals surface area contributed by atoms with E-state index in [1.807, 2.05) is 39.8 Å². The minimum Gasteiger partial charge on any atom is -0.324 e. The van der Waals surface area contributed by atoms with Gasteiger partial charge < -0.3 is 9.88 Å². The lowest BCUT2D eigenvalue weighted by Crippen LogP contribution is -2.28. The Labute approximate surface area is 138 Å². The number of carbonyl (C=O) groups is 1. The second-order valence-corrected chi connectivity index (χ2v) is 6.47. The fraction of sp³-hybridized carbons (Fsp3) is 0.294. The Morgan fingerprint density at radius 3 is 2.27 bits per heavy atom. The summed E-state index contributed by atoms with van der Waals surface area (Å²) in [5.41, 5.74) is 4.72. The maximum atomic E-state index is 12.3. The van der Waals surface area contributed by atoms with Gasteiger partial charge in [0.05, 0.1) is 4.47 Å². The molecule has 22 heavy (non-hydrogen) atoms. The minimum absolute atomic E-state index is 0.00807. The van der Waals surface area contributed by atoms with Crippen molar-refractivity contribution in [2.45, 2.75) is 34.2 Å². The van der Waals surface area contributed by atoms with Crippen LogP contribution in [0.1, 0.15) is 22.3 Å². The number of nitrogens with zero attached hydrogens (tertiary/aromatic N) is 1. The van der Waals surface area contributed by atoms with Gasteiger partial charge in [0.25, 0.3) is 5.56 Å². The second-order valence-electron chi connectivity index (χ2n) is 5.62. The Morgan fingerprint density at radius 1 is 1.09 bits per heavy atom. The standard InChI is InChI=1S/C17H19BrN2O2/c1-10-5-12(3)16(13(4)6-10)19-15(21)9-20-8-11(2)7-14(18)17(20)22/h5-8H,9H2,1-4H3,(H,19,21). The molecule has 0 fully saturated rings. The first kappa shape index (κ1) is 16.5. The van der Waals surface area contributed by atoms with Crippen LogP contribution in [0.4, 0.5) is 5.69 Å². The molecule has 1 aromatic carbocycles. The molecule has 0 atom stereocenters. The van der Waals surface area contributed by atoms with E-state index in [-0.39, 0.29) is 18.0 Å². The lowest BCUT2D eigenvalue weighted by atomic mass is 10.1. The van der Waals surface area contributed by atoms with Crippen molar-refractivity contribution in [3.05, 3.63) is 61.5 Å². The largest absolute Gasteiger partial charge is 0.324 e. The summed E-state index contributed by atoms with van der Waals surface area (Å²) < 4.78 is 1.87. The van der Waals surface area contributed by atoms with Gasteiger partial charge in [-0.25, -0.2) is 0 Å². The number of hydrogen-bond donors (Lipinski definition) is 1. The molecule has 1 heterocycles. The van der Waals surface area contributed by atoms with E-state index < -0.39 is 0 Å².